The molecule has 0 saturated heterocycles. The van der Waals surface area contributed by atoms with Crippen LogP contribution in [0.4, 0.5) is 0 Å². The molecule has 0 aliphatic carbocycles. The number of carbonyl (C=O) groups excluding carboxylic acids is 6. The van der Waals surface area contributed by atoms with Crippen LogP contribution in [0.2, 0.25) is 0 Å². The van der Waals surface area contributed by atoms with Gasteiger partial charge in [-0.15, -0.1) is 0 Å². The average molecular weight is 676 g/mol. The molecule has 0 bridgehead atoms. The minimum Gasteiger partial charge on any atom is -0.480 e. The van der Waals surface area contributed by atoms with E-state index in [2.05, 4.69) is 31.9 Å². The molecule has 8 atom stereocenters. The van der Waals surface area contributed by atoms with Crippen LogP contribution in [0.5, 0.6) is 0 Å². The van der Waals surface area contributed by atoms with Crippen LogP contribution in [-0.2, 0) is 33.6 Å². The molecule has 0 aromatic heterocycles. The van der Waals surface area contributed by atoms with Gasteiger partial charge in [0.15, 0.2) is 0 Å². The van der Waals surface area contributed by atoms with Crippen molar-refractivity contribution in [2.45, 2.75) is 104 Å². The maximum atomic E-state index is 13.1. The van der Waals surface area contributed by atoms with Crippen molar-refractivity contribution in [3.63, 3.8) is 0 Å². The number of carbonyl (C=O) groups is 7. The first-order valence-electron chi connectivity index (χ1n) is 15.5. The Bertz CT molecular complexity index is 1090. The third kappa shape index (κ3) is 14.6. The lowest BCUT2D eigenvalue weighted by Gasteiger charge is -2.28. The number of nitrogens with two attached hydrogens (primary N) is 1. The van der Waals surface area contributed by atoms with Gasteiger partial charge in [-0.25, -0.2) is 0 Å². The van der Waals surface area contributed by atoms with Gasteiger partial charge in [0.25, 0.3) is 0 Å². The minimum absolute atomic E-state index is 0.0890. The van der Waals surface area contributed by atoms with E-state index in [1.807, 2.05) is 0 Å². The fraction of sp³-hybridized carbons (Fsp3) is 0.759. The molecule has 0 fully saturated rings. The van der Waals surface area contributed by atoms with E-state index in [9.17, 15) is 48.9 Å². The van der Waals surface area contributed by atoms with Crippen LogP contribution in [0, 0.1) is 17.8 Å². The highest BCUT2D eigenvalue weighted by molar-refractivity contribution is 5.97. The van der Waals surface area contributed by atoms with Crippen molar-refractivity contribution in [1.82, 2.24) is 31.9 Å². The molecular formula is C29H53N7O11. The van der Waals surface area contributed by atoms with Crippen LogP contribution < -0.4 is 37.6 Å². The molecule has 0 aromatic carbocycles. The second-order valence-corrected chi connectivity index (χ2v) is 12.1. The lowest BCUT2D eigenvalue weighted by molar-refractivity contribution is -0.142. The molecular weight excluding hydrogens is 622 g/mol. The van der Waals surface area contributed by atoms with Crippen LogP contribution in [0.15, 0.2) is 0 Å². The number of hydrogen-bond donors (Lipinski definition) is 11. The summed E-state index contributed by atoms with van der Waals surface area (Å²) in [6.07, 6.45) is 0.549. The van der Waals surface area contributed by atoms with Crippen LogP contribution in [-0.4, -0.2) is 124 Å². The maximum absolute atomic E-state index is 13.1. The lowest BCUT2D eigenvalue weighted by atomic mass is 9.96. The number of carboxylic acid groups (broad SMARTS) is 1. The number of rotatable bonds is 21. The van der Waals surface area contributed by atoms with Crippen LogP contribution in [0.3, 0.4) is 0 Å². The third-order valence-corrected chi connectivity index (χ3v) is 7.33. The Labute approximate surface area is 274 Å². The number of aliphatic hydroxyl groups excluding tert-OH is 3. The summed E-state index contributed by atoms with van der Waals surface area (Å²) in [6, 6.07) is -9.48. The molecule has 0 spiro atoms. The Morgan fingerprint density at radius 2 is 0.957 bits per heavy atom. The Kier molecular flexibility index (Phi) is 19.4. The summed E-state index contributed by atoms with van der Waals surface area (Å²) < 4.78 is 0. The van der Waals surface area contributed by atoms with Gasteiger partial charge in [-0.05, 0) is 31.1 Å². The van der Waals surface area contributed by atoms with Gasteiger partial charge in [-0.2, -0.15) is 0 Å². The van der Waals surface area contributed by atoms with Crippen LogP contribution in [0.1, 0.15) is 61.3 Å². The van der Waals surface area contributed by atoms with Gasteiger partial charge in [-0.1, -0.05) is 48.0 Å². The predicted molar refractivity (Wildman–Crippen MR) is 168 cm³/mol. The fourth-order valence-corrected chi connectivity index (χ4v) is 3.99. The van der Waals surface area contributed by atoms with Gasteiger partial charge in [0.05, 0.1) is 25.9 Å². The van der Waals surface area contributed by atoms with Gasteiger partial charge in [0.2, 0.25) is 35.4 Å². The van der Waals surface area contributed by atoms with Crippen LogP contribution >= 0.6 is 0 Å². The summed E-state index contributed by atoms with van der Waals surface area (Å²) in [6.45, 7) is 8.77. The summed E-state index contributed by atoms with van der Waals surface area (Å²) in [5.74, 6) is -7.48. The van der Waals surface area contributed by atoms with E-state index in [4.69, 9.17) is 10.8 Å². The number of aliphatic carboxylic acids is 1. The Hall–Kier alpha value is -3.87. The van der Waals surface area contributed by atoms with Crippen molar-refractivity contribution in [3.8, 4) is 0 Å². The molecule has 270 valence electrons. The second kappa shape index (κ2) is 21.1. The summed E-state index contributed by atoms with van der Waals surface area (Å²) in [5.41, 5.74) is 5.88. The Balaban J connectivity index is 5.63. The van der Waals surface area contributed by atoms with E-state index in [1.165, 1.54) is 6.92 Å². The molecule has 0 heterocycles. The van der Waals surface area contributed by atoms with Crippen LogP contribution in [0.25, 0.3) is 0 Å². The van der Waals surface area contributed by atoms with Gasteiger partial charge in [0, 0.05) is 0 Å². The molecule has 18 heteroatoms. The van der Waals surface area contributed by atoms with E-state index in [-0.39, 0.29) is 18.3 Å². The van der Waals surface area contributed by atoms with Gasteiger partial charge >= 0.3 is 5.97 Å². The zero-order chi connectivity index (χ0) is 36.6. The number of aliphatic hydroxyl groups is 3. The standard InChI is InChI=1S/C29H53N7O11/c1-8-15(6)22(36-27(44)21(30)14(4)5)28(45)35-20(12-39)26(43)34-19(11-38)25(42)33-18(10-37)24(41)32-17(9-13(2)3)23(40)31-16(7)29(46)47/h13-22,37-39H,8-12,30H2,1-7H3,(H,31,40)(H,32,41)(H,33,42)(H,34,43)(H,35,45)(H,36,44)(H,46,47)/t15-,16-,17-,18-,19-,20-,21-,22-/m0/s1. The molecule has 12 N–H and O–H groups in total. The zero-order valence-corrected chi connectivity index (χ0v) is 28.0. The van der Waals surface area contributed by atoms with E-state index in [0.717, 1.165) is 0 Å². The topological polar surface area (TPSA) is 299 Å². The monoisotopic (exact) mass is 675 g/mol. The first kappa shape index (κ1) is 43.1. The van der Waals surface area contributed by atoms with E-state index in [0.29, 0.717) is 6.42 Å². The molecule has 0 unspecified atom stereocenters. The number of hydrogen-bond acceptors (Lipinski definition) is 11. The van der Waals surface area contributed by atoms with Crippen molar-refractivity contribution < 1.29 is 54.0 Å². The summed E-state index contributed by atoms with van der Waals surface area (Å²) >= 11 is 0. The smallest absolute Gasteiger partial charge is 0.325 e. The van der Waals surface area contributed by atoms with Crippen molar-refractivity contribution >= 4 is 41.4 Å². The number of carboxylic acids is 1. The molecule has 0 aliphatic heterocycles. The van der Waals surface area contributed by atoms with Crippen molar-refractivity contribution in [1.29, 1.82) is 0 Å². The van der Waals surface area contributed by atoms with Crippen molar-refractivity contribution in [3.05, 3.63) is 0 Å². The molecule has 47 heavy (non-hydrogen) atoms. The fourth-order valence-electron chi connectivity index (χ4n) is 3.99. The lowest BCUT2D eigenvalue weighted by Crippen LogP contribution is -2.62. The first-order chi connectivity index (χ1) is 21.8. The maximum Gasteiger partial charge on any atom is 0.325 e. The number of amides is 6. The average Bonchev–Trinajstić information content (AvgIpc) is 3.01. The normalized spacial score (nSPS) is 16.4. The molecule has 0 aromatic rings. The summed E-state index contributed by atoms with van der Waals surface area (Å²) in [4.78, 5) is 88.0. The second-order valence-electron chi connectivity index (χ2n) is 12.1. The Morgan fingerprint density at radius 1 is 0.574 bits per heavy atom. The predicted octanol–water partition coefficient (Wildman–Crippen LogP) is -3.95. The van der Waals surface area contributed by atoms with Crippen molar-refractivity contribution in [2.24, 2.45) is 23.5 Å². The SMILES string of the molecule is CC[C@H](C)[C@H](NC(=O)[C@@H](N)C(C)C)C(=O)N[C@@H](CO)C(=O)N[C@@H](CO)C(=O)N[C@@H](CO)C(=O)N[C@@H](CC(C)C)C(=O)N[C@@H](C)C(=O)O. The number of nitrogens with one attached hydrogen (secondary N) is 6. The Morgan fingerprint density at radius 3 is 1.30 bits per heavy atom. The minimum atomic E-state index is -1.71. The molecule has 0 radical (unpaired) electrons. The molecule has 0 rings (SSSR count). The first-order valence-corrected chi connectivity index (χ1v) is 15.5. The highest BCUT2D eigenvalue weighted by atomic mass is 16.4. The molecule has 6 amide bonds. The third-order valence-electron chi connectivity index (χ3n) is 7.33. The zero-order valence-electron chi connectivity index (χ0n) is 28.0. The van der Waals surface area contributed by atoms with E-state index < -0.39 is 109 Å². The van der Waals surface area contributed by atoms with Gasteiger partial charge < -0.3 is 58.1 Å². The quantitative estimate of drug-likeness (QED) is 0.0556. The molecule has 0 saturated carbocycles. The van der Waals surface area contributed by atoms with E-state index in [1.54, 1.807) is 41.5 Å². The summed E-state index contributed by atoms with van der Waals surface area (Å²) in [7, 11) is 0. The van der Waals surface area contributed by atoms with Crippen molar-refractivity contribution in [2.75, 3.05) is 19.8 Å². The highest BCUT2D eigenvalue weighted by Crippen LogP contribution is 2.10. The van der Waals surface area contributed by atoms with Gasteiger partial charge in [-0.3, -0.25) is 33.6 Å². The van der Waals surface area contributed by atoms with Gasteiger partial charge in [0.1, 0.15) is 36.3 Å². The molecule has 0 aliphatic rings. The molecule has 18 nitrogen and oxygen atoms in total. The highest BCUT2D eigenvalue weighted by Gasteiger charge is 2.34. The van der Waals surface area contributed by atoms with E-state index >= 15 is 0 Å². The summed E-state index contributed by atoms with van der Waals surface area (Å²) in [5, 5.41) is 52.2. The largest absolute Gasteiger partial charge is 0.480 e.